The maximum atomic E-state index is 4.95. The van der Waals surface area contributed by atoms with Gasteiger partial charge in [-0.2, -0.15) is 0 Å². The fraction of sp³-hybridized carbons (Fsp3) is 0.619. The summed E-state index contributed by atoms with van der Waals surface area (Å²) in [5, 5.41) is 4.72. The van der Waals surface area contributed by atoms with Gasteiger partial charge in [-0.15, -0.1) is 0 Å². The van der Waals surface area contributed by atoms with Crippen molar-refractivity contribution in [2.24, 2.45) is 5.41 Å². The van der Waals surface area contributed by atoms with Gasteiger partial charge in [-0.25, -0.2) is 9.97 Å². The summed E-state index contributed by atoms with van der Waals surface area (Å²) in [4.78, 5) is 14.5. The summed E-state index contributed by atoms with van der Waals surface area (Å²) in [7, 11) is 2.24. The van der Waals surface area contributed by atoms with Crippen LogP contribution in [0.3, 0.4) is 0 Å². The van der Waals surface area contributed by atoms with E-state index in [1.807, 2.05) is 18.1 Å². The SMILES string of the molecule is CSN1CCC(Nc2ncc3cccc(N4CC5(CCN(C)C5)C4)c3n2)CC1. The number of nitrogens with zero attached hydrogens (tertiary/aromatic N) is 5. The van der Waals surface area contributed by atoms with Crippen molar-refractivity contribution in [1.82, 2.24) is 19.2 Å². The highest BCUT2D eigenvalue weighted by Crippen LogP contribution is 2.42. The van der Waals surface area contributed by atoms with Gasteiger partial charge in [0.2, 0.25) is 5.95 Å². The van der Waals surface area contributed by atoms with Crippen LogP contribution in [-0.4, -0.2) is 77.8 Å². The van der Waals surface area contributed by atoms with Crippen LogP contribution in [0.2, 0.25) is 0 Å². The first-order valence-corrected chi connectivity index (χ1v) is 11.6. The molecule has 0 aliphatic carbocycles. The van der Waals surface area contributed by atoms with E-state index in [0.717, 1.165) is 55.9 Å². The van der Waals surface area contributed by atoms with Gasteiger partial charge in [0, 0.05) is 55.8 Å². The van der Waals surface area contributed by atoms with E-state index in [0.29, 0.717) is 11.5 Å². The summed E-state index contributed by atoms with van der Waals surface area (Å²) in [6, 6.07) is 6.95. The lowest BCUT2D eigenvalue weighted by Gasteiger charge is -2.49. The van der Waals surface area contributed by atoms with E-state index in [2.05, 4.69) is 55.9 Å². The highest BCUT2D eigenvalue weighted by Gasteiger charge is 2.47. The molecule has 6 nitrogen and oxygen atoms in total. The molecule has 1 N–H and O–H groups in total. The van der Waals surface area contributed by atoms with Crippen molar-refractivity contribution in [3.05, 3.63) is 24.4 Å². The second kappa shape index (κ2) is 7.35. The Kier molecular flexibility index (Phi) is 4.85. The van der Waals surface area contributed by atoms with Crippen LogP contribution in [-0.2, 0) is 0 Å². The zero-order valence-corrected chi connectivity index (χ0v) is 17.7. The van der Waals surface area contributed by atoms with Crippen molar-refractivity contribution in [2.75, 3.05) is 62.8 Å². The van der Waals surface area contributed by atoms with Crippen LogP contribution in [0.5, 0.6) is 0 Å². The number of rotatable bonds is 4. The van der Waals surface area contributed by atoms with Crippen molar-refractivity contribution >= 4 is 34.5 Å². The van der Waals surface area contributed by atoms with Crippen molar-refractivity contribution in [1.29, 1.82) is 0 Å². The van der Waals surface area contributed by atoms with E-state index >= 15 is 0 Å². The minimum atomic E-state index is 0.467. The molecule has 3 fully saturated rings. The maximum absolute atomic E-state index is 4.95. The number of piperidine rings is 1. The Morgan fingerprint density at radius 2 is 1.96 bits per heavy atom. The van der Waals surface area contributed by atoms with Crippen molar-refractivity contribution in [2.45, 2.75) is 25.3 Å². The van der Waals surface area contributed by atoms with Gasteiger partial charge in [-0.1, -0.05) is 24.1 Å². The van der Waals surface area contributed by atoms with Crippen molar-refractivity contribution in [3.63, 3.8) is 0 Å². The Bertz CT molecular complexity index is 844. The lowest BCUT2D eigenvalue weighted by atomic mass is 9.78. The predicted molar refractivity (Wildman–Crippen MR) is 118 cm³/mol. The standard InChI is InChI=1S/C21H30N6S/c1-25-11-8-21(13-25)14-26(15-21)18-5-3-4-16-12-22-20(24-19(16)18)23-17-6-9-27(28-2)10-7-17/h3-5,12,17H,6-11,13-15H2,1-2H3,(H,22,23,24). The molecule has 0 radical (unpaired) electrons. The van der Waals surface area contributed by atoms with E-state index in [1.54, 1.807) is 0 Å². The molecule has 1 aromatic heterocycles. The lowest BCUT2D eigenvalue weighted by molar-refractivity contribution is 0.218. The van der Waals surface area contributed by atoms with Gasteiger partial charge >= 0.3 is 0 Å². The van der Waals surface area contributed by atoms with E-state index in [9.17, 15) is 0 Å². The van der Waals surface area contributed by atoms with Crippen LogP contribution in [0.4, 0.5) is 11.6 Å². The normalized spacial score (nSPS) is 23.4. The monoisotopic (exact) mass is 398 g/mol. The summed E-state index contributed by atoms with van der Waals surface area (Å²) in [5.74, 6) is 0.776. The first-order chi connectivity index (χ1) is 13.6. The van der Waals surface area contributed by atoms with Crippen LogP contribution in [0.25, 0.3) is 10.9 Å². The average Bonchev–Trinajstić information content (AvgIpc) is 3.09. The van der Waals surface area contributed by atoms with Crippen LogP contribution in [0, 0.1) is 5.41 Å². The van der Waals surface area contributed by atoms with E-state index in [-0.39, 0.29) is 0 Å². The van der Waals surface area contributed by atoms with Crippen molar-refractivity contribution in [3.8, 4) is 0 Å². The van der Waals surface area contributed by atoms with Gasteiger partial charge in [0.1, 0.15) is 0 Å². The highest BCUT2D eigenvalue weighted by molar-refractivity contribution is 7.96. The minimum Gasteiger partial charge on any atom is -0.368 e. The van der Waals surface area contributed by atoms with Crippen LogP contribution in [0.15, 0.2) is 24.4 Å². The van der Waals surface area contributed by atoms with Crippen LogP contribution in [0.1, 0.15) is 19.3 Å². The number of hydrogen-bond donors (Lipinski definition) is 1. The third-order valence-corrected chi connectivity index (χ3v) is 7.54. The fourth-order valence-corrected chi connectivity index (χ4v) is 5.66. The topological polar surface area (TPSA) is 47.5 Å². The number of aromatic nitrogens is 2. The third kappa shape index (κ3) is 3.44. The number of fused-ring (bicyclic) bond motifs is 1. The molecule has 2 aromatic rings. The zero-order valence-electron chi connectivity index (χ0n) is 16.9. The zero-order chi connectivity index (χ0) is 19.1. The molecular formula is C21H30N6S. The molecule has 0 amide bonds. The molecule has 3 aliphatic rings. The number of likely N-dealkylation sites (tertiary alicyclic amines) is 1. The molecule has 4 heterocycles. The molecule has 28 heavy (non-hydrogen) atoms. The Balaban J connectivity index is 1.33. The molecule has 7 heteroatoms. The third-order valence-electron chi connectivity index (χ3n) is 6.66. The number of anilines is 2. The first-order valence-electron chi connectivity index (χ1n) is 10.4. The van der Waals surface area contributed by atoms with Gasteiger partial charge in [0.25, 0.3) is 0 Å². The molecule has 0 saturated carbocycles. The minimum absolute atomic E-state index is 0.467. The Hall–Kier alpha value is -1.57. The van der Waals surface area contributed by atoms with Crippen LogP contribution < -0.4 is 10.2 Å². The van der Waals surface area contributed by atoms with Gasteiger partial charge in [0.15, 0.2) is 0 Å². The van der Waals surface area contributed by atoms with Gasteiger partial charge in [-0.3, -0.25) is 4.31 Å². The molecule has 1 spiro atoms. The second-order valence-electron chi connectivity index (χ2n) is 8.78. The lowest BCUT2D eigenvalue weighted by Crippen LogP contribution is -2.57. The Morgan fingerprint density at radius 3 is 2.68 bits per heavy atom. The highest BCUT2D eigenvalue weighted by atomic mass is 32.2. The van der Waals surface area contributed by atoms with Gasteiger partial charge in [0.05, 0.1) is 11.2 Å². The van der Waals surface area contributed by atoms with Gasteiger partial charge in [-0.05, 0) is 45.2 Å². The number of benzene rings is 1. The van der Waals surface area contributed by atoms with E-state index in [4.69, 9.17) is 4.98 Å². The van der Waals surface area contributed by atoms with Crippen LogP contribution >= 0.6 is 11.9 Å². The number of hydrogen-bond acceptors (Lipinski definition) is 7. The molecule has 0 bridgehead atoms. The second-order valence-corrected chi connectivity index (χ2v) is 9.66. The largest absolute Gasteiger partial charge is 0.368 e. The van der Waals surface area contributed by atoms with E-state index < -0.39 is 0 Å². The molecule has 5 rings (SSSR count). The average molecular weight is 399 g/mol. The summed E-state index contributed by atoms with van der Waals surface area (Å²) in [6.07, 6.45) is 7.74. The predicted octanol–water partition coefficient (Wildman–Crippen LogP) is 2.93. The molecule has 150 valence electrons. The Labute approximate surface area is 171 Å². The summed E-state index contributed by atoms with van der Waals surface area (Å²) in [5.41, 5.74) is 2.85. The molecule has 0 atom stereocenters. The smallest absolute Gasteiger partial charge is 0.223 e. The molecule has 3 saturated heterocycles. The maximum Gasteiger partial charge on any atom is 0.223 e. The molecule has 0 unspecified atom stereocenters. The first kappa shape index (κ1) is 18.5. The van der Waals surface area contributed by atoms with E-state index in [1.165, 1.54) is 25.2 Å². The summed E-state index contributed by atoms with van der Waals surface area (Å²) < 4.78 is 2.43. The number of para-hydroxylation sites is 1. The summed E-state index contributed by atoms with van der Waals surface area (Å²) in [6.45, 7) is 7.01. The Morgan fingerprint density at radius 1 is 1.14 bits per heavy atom. The quantitative estimate of drug-likeness (QED) is 0.795. The molecular weight excluding hydrogens is 368 g/mol. The summed E-state index contributed by atoms with van der Waals surface area (Å²) >= 11 is 1.84. The van der Waals surface area contributed by atoms with Gasteiger partial charge < -0.3 is 15.1 Å². The van der Waals surface area contributed by atoms with Crippen molar-refractivity contribution < 1.29 is 0 Å². The number of nitrogens with one attached hydrogen (secondary N) is 1. The fourth-order valence-electron chi connectivity index (χ4n) is 5.08. The molecule has 1 aromatic carbocycles. The molecule has 3 aliphatic heterocycles.